The fourth-order valence-corrected chi connectivity index (χ4v) is 1.90. The van der Waals surface area contributed by atoms with E-state index in [1.165, 1.54) is 6.07 Å². The first kappa shape index (κ1) is 16.3. The number of halogens is 3. The van der Waals surface area contributed by atoms with Crippen LogP contribution in [0.2, 0.25) is 0 Å². The van der Waals surface area contributed by atoms with Crippen molar-refractivity contribution >= 4 is 5.69 Å². The van der Waals surface area contributed by atoms with Crippen LogP contribution in [0.1, 0.15) is 24.5 Å². The summed E-state index contributed by atoms with van der Waals surface area (Å²) in [5.41, 5.74) is -0.796. The maximum absolute atomic E-state index is 12.9. The number of hydrogen-bond acceptors (Lipinski definition) is 3. The molecular formula is C14H17F3N2O. The largest absolute Gasteiger partial charge is 0.417 e. The predicted molar refractivity (Wildman–Crippen MR) is 70.5 cm³/mol. The van der Waals surface area contributed by atoms with Crippen LogP contribution in [0.25, 0.3) is 0 Å². The second-order valence-corrected chi connectivity index (χ2v) is 4.32. The Morgan fingerprint density at radius 3 is 2.50 bits per heavy atom. The minimum absolute atomic E-state index is 0.357. The van der Waals surface area contributed by atoms with Crippen molar-refractivity contribution in [3.63, 3.8) is 0 Å². The van der Waals surface area contributed by atoms with Gasteiger partial charge in [0.25, 0.3) is 0 Å². The van der Waals surface area contributed by atoms with Crippen molar-refractivity contribution in [1.29, 1.82) is 5.26 Å². The smallest absolute Gasteiger partial charge is 0.383 e. The lowest BCUT2D eigenvalue weighted by molar-refractivity contribution is -0.137. The number of ether oxygens (including phenoxy) is 1. The molecule has 0 saturated carbocycles. The molecule has 0 saturated heterocycles. The van der Waals surface area contributed by atoms with Gasteiger partial charge in [0.15, 0.2) is 0 Å². The molecule has 20 heavy (non-hydrogen) atoms. The number of alkyl halides is 3. The van der Waals surface area contributed by atoms with Gasteiger partial charge in [0, 0.05) is 25.9 Å². The van der Waals surface area contributed by atoms with Gasteiger partial charge in [-0.15, -0.1) is 0 Å². The molecule has 0 aliphatic heterocycles. The summed E-state index contributed by atoms with van der Waals surface area (Å²) in [5, 5.41) is 8.77. The predicted octanol–water partition coefficient (Wildman–Crippen LogP) is 3.44. The Labute approximate surface area is 116 Å². The average Bonchev–Trinajstić information content (AvgIpc) is 2.42. The highest BCUT2D eigenvalue weighted by atomic mass is 19.4. The Morgan fingerprint density at radius 1 is 1.30 bits per heavy atom. The van der Waals surface area contributed by atoms with E-state index in [1.807, 2.05) is 11.8 Å². The molecule has 0 aromatic heterocycles. The SMILES string of the molecule is CCCN(CCOC)c1ccc(C#N)c(C(F)(F)F)c1. The lowest BCUT2D eigenvalue weighted by Crippen LogP contribution is -2.28. The first-order valence-corrected chi connectivity index (χ1v) is 6.29. The van der Waals surface area contributed by atoms with Crippen LogP contribution in [0.5, 0.6) is 0 Å². The lowest BCUT2D eigenvalue weighted by Gasteiger charge is -2.25. The molecule has 110 valence electrons. The maximum atomic E-state index is 12.9. The molecule has 0 aliphatic carbocycles. The van der Waals surface area contributed by atoms with Crippen LogP contribution in [-0.2, 0) is 10.9 Å². The first-order chi connectivity index (χ1) is 9.43. The Bertz CT molecular complexity index is 480. The second-order valence-electron chi connectivity index (χ2n) is 4.32. The van der Waals surface area contributed by atoms with Crippen LogP contribution in [0.4, 0.5) is 18.9 Å². The lowest BCUT2D eigenvalue weighted by atomic mass is 10.1. The Balaban J connectivity index is 3.14. The van der Waals surface area contributed by atoms with E-state index in [0.717, 1.165) is 12.5 Å². The fraction of sp³-hybridized carbons (Fsp3) is 0.500. The van der Waals surface area contributed by atoms with E-state index in [1.54, 1.807) is 19.2 Å². The van der Waals surface area contributed by atoms with Gasteiger partial charge in [-0.3, -0.25) is 0 Å². The minimum atomic E-state index is -4.53. The molecule has 1 aromatic rings. The summed E-state index contributed by atoms with van der Waals surface area (Å²) in [5.74, 6) is 0. The number of hydrogen-bond donors (Lipinski definition) is 0. The van der Waals surface area contributed by atoms with Gasteiger partial charge >= 0.3 is 6.18 Å². The molecule has 0 radical (unpaired) electrons. The third-order valence-electron chi connectivity index (χ3n) is 2.85. The standard InChI is InChI=1S/C14H17F3N2O/c1-3-6-19(7-8-20-2)12-5-4-11(10-18)13(9-12)14(15,16)17/h4-5,9H,3,6-8H2,1-2H3. The number of methoxy groups -OCH3 is 1. The molecule has 1 rings (SSSR count). The first-order valence-electron chi connectivity index (χ1n) is 6.29. The Kier molecular flexibility index (Phi) is 5.83. The molecule has 0 spiro atoms. The van der Waals surface area contributed by atoms with Gasteiger partial charge in [0.1, 0.15) is 0 Å². The fourth-order valence-electron chi connectivity index (χ4n) is 1.90. The van der Waals surface area contributed by atoms with Crippen LogP contribution in [0, 0.1) is 11.3 Å². The molecule has 1 aromatic carbocycles. The Morgan fingerprint density at radius 2 is 2.00 bits per heavy atom. The van der Waals surface area contributed by atoms with Gasteiger partial charge in [0.2, 0.25) is 0 Å². The molecule has 0 N–H and O–H groups in total. The monoisotopic (exact) mass is 286 g/mol. The molecule has 0 unspecified atom stereocenters. The second kappa shape index (κ2) is 7.15. The van der Waals surface area contributed by atoms with E-state index < -0.39 is 11.7 Å². The van der Waals surface area contributed by atoms with Crippen LogP contribution in [0.3, 0.4) is 0 Å². The zero-order valence-electron chi connectivity index (χ0n) is 11.5. The van der Waals surface area contributed by atoms with Gasteiger partial charge in [-0.2, -0.15) is 18.4 Å². The van der Waals surface area contributed by atoms with Gasteiger partial charge in [-0.05, 0) is 24.6 Å². The van der Waals surface area contributed by atoms with E-state index in [-0.39, 0.29) is 5.56 Å². The van der Waals surface area contributed by atoms with Crippen molar-refractivity contribution in [2.45, 2.75) is 19.5 Å². The third-order valence-corrected chi connectivity index (χ3v) is 2.85. The van der Waals surface area contributed by atoms with Gasteiger partial charge in [-0.25, -0.2) is 0 Å². The van der Waals surface area contributed by atoms with E-state index in [0.29, 0.717) is 25.4 Å². The van der Waals surface area contributed by atoms with Gasteiger partial charge in [-0.1, -0.05) is 6.92 Å². The zero-order chi connectivity index (χ0) is 15.2. The van der Waals surface area contributed by atoms with Gasteiger partial charge < -0.3 is 9.64 Å². The van der Waals surface area contributed by atoms with Crippen molar-refractivity contribution in [3.8, 4) is 6.07 Å². The van der Waals surface area contributed by atoms with Crippen LogP contribution >= 0.6 is 0 Å². The molecule has 0 aliphatic rings. The molecule has 0 heterocycles. The van der Waals surface area contributed by atoms with Crippen LogP contribution < -0.4 is 4.90 Å². The van der Waals surface area contributed by atoms with Crippen LogP contribution in [-0.4, -0.2) is 26.8 Å². The average molecular weight is 286 g/mol. The molecule has 3 nitrogen and oxygen atoms in total. The van der Waals surface area contributed by atoms with E-state index in [2.05, 4.69) is 0 Å². The molecular weight excluding hydrogens is 269 g/mol. The number of rotatable bonds is 6. The third kappa shape index (κ3) is 4.14. The summed E-state index contributed by atoms with van der Waals surface area (Å²) in [6.07, 6.45) is -3.72. The number of nitriles is 1. The van der Waals surface area contributed by atoms with Crippen LogP contribution in [0.15, 0.2) is 18.2 Å². The van der Waals surface area contributed by atoms with Crippen molar-refractivity contribution in [2.75, 3.05) is 31.7 Å². The highest BCUT2D eigenvalue weighted by Gasteiger charge is 2.34. The summed E-state index contributed by atoms with van der Waals surface area (Å²) in [4.78, 5) is 1.82. The van der Waals surface area contributed by atoms with E-state index in [9.17, 15) is 13.2 Å². The van der Waals surface area contributed by atoms with E-state index >= 15 is 0 Å². The summed E-state index contributed by atoms with van der Waals surface area (Å²) in [6, 6.07) is 5.37. The summed E-state index contributed by atoms with van der Waals surface area (Å²) in [6.45, 7) is 3.52. The number of anilines is 1. The summed E-state index contributed by atoms with van der Waals surface area (Å²) >= 11 is 0. The molecule has 0 fully saturated rings. The van der Waals surface area contributed by atoms with E-state index in [4.69, 9.17) is 10.00 Å². The summed E-state index contributed by atoms with van der Waals surface area (Å²) < 4.78 is 43.7. The zero-order valence-corrected chi connectivity index (χ0v) is 11.5. The molecule has 0 atom stereocenters. The summed E-state index contributed by atoms with van der Waals surface area (Å²) in [7, 11) is 1.55. The molecule has 0 bridgehead atoms. The Hall–Kier alpha value is -1.74. The van der Waals surface area contributed by atoms with Crippen molar-refractivity contribution < 1.29 is 17.9 Å². The minimum Gasteiger partial charge on any atom is -0.383 e. The highest BCUT2D eigenvalue weighted by molar-refractivity contribution is 5.54. The number of benzene rings is 1. The molecule has 6 heteroatoms. The maximum Gasteiger partial charge on any atom is 0.417 e. The molecule has 0 amide bonds. The van der Waals surface area contributed by atoms with Crippen molar-refractivity contribution in [2.24, 2.45) is 0 Å². The van der Waals surface area contributed by atoms with Crippen molar-refractivity contribution in [3.05, 3.63) is 29.3 Å². The van der Waals surface area contributed by atoms with Gasteiger partial charge in [0.05, 0.1) is 23.8 Å². The normalized spacial score (nSPS) is 11.2. The quantitative estimate of drug-likeness (QED) is 0.803. The van der Waals surface area contributed by atoms with Crippen molar-refractivity contribution in [1.82, 2.24) is 0 Å². The highest BCUT2D eigenvalue weighted by Crippen LogP contribution is 2.34. The topological polar surface area (TPSA) is 36.3 Å². The number of nitrogens with zero attached hydrogens (tertiary/aromatic N) is 2.